The zero-order chi connectivity index (χ0) is 15.8. The molecule has 1 saturated heterocycles. The zero-order valence-corrected chi connectivity index (χ0v) is 12.6. The van der Waals surface area contributed by atoms with Gasteiger partial charge in [0.25, 0.3) is 5.79 Å². The lowest BCUT2D eigenvalue weighted by molar-refractivity contribution is -0.222. The molecule has 0 amide bonds. The molecule has 21 heavy (non-hydrogen) atoms. The number of rotatable bonds is 2. The maximum atomic E-state index is 11.7. The highest BCUT2D eigenvalue weighted by atomic mass is 35.5. The van der Waals surface area contributed by atoms with Crippen molar-refractivity contribution in [2.75, 3.05) is 5.32 Å². The van der Waals surface area contributed by atoms with E-state index in [1.54, 1.807) is 0 Å². The van der Waals surface area contributed by atoms with Crippen molar-refractivity contribution in [1.82, 2.24) is 0 Å². The van der Waals surface area contributed by atoms with Crippen molar-refractivity contribution in [2.24, 2.45) is 0 Å². The SMILES string of the molecule is CC1(C)OC(=O)C(=CNc2cc(Cl)c(O)c(Cl)c2)C(=O)O1. The highest BCUT2D eigenvalue weighted by molar-refractivity contribution is 6.37. The highest BCUT2D eigenvalue weighted by Crippen LogP contribution is 2.34. The molecule has 0 unspecified atom stereocenters. The molecule has 1 aliphatic rings. The summed E-state index contributed by atoms with van der Waals surface area (Å²) >= 11 is 11.5. The summed E-state index contributed by atoms with van der Waals surface area (Å²) in [6, 6.07) is 2.76. The normalized spacial score (nSPS) is 17.0. The lowest BCUT2D eigenvalue weighted by Crippen LogP contribution is -2.42. The summed E-state index contributed by atoms with van der Waals surface area (Å²) in [6.45, 7) is 2.90. The van der Waals surface area contributed by atoms with E-state index in [1.807, 2.05) is 0 Å². The predicted molar refractivity (Wildman–Crippen MR) is 76.1 cm³/mol. The van der Waals surface area contributed by atoms with Crippen molar-refractivity contribution in [1.29, 1.82) is 0 Å². The standard InChI is InChI=1S/C13H11Cl2NO5/c1-13(2)20-11(18)7(12(19)21-13)5-16-6-3-8(14)10(17)9(15)4-6/h3-5,16-17H,1-2H3. The molecule has 1 aromatic rings. The van der Waals surface area contributed by atoms with Crippen molar-refractivity contribution in [3.63, 3.8) is 0 Å². The molecule has 0 atom stereocenters. The van der Waals surface area contributed by atoms with Crippen LogP contribution in [0, 0.1) is 0 Å². The van der Waals surface area contributed by atoms with Crippen LogP contribution in [0.1, 0.15) is 13.8 Å². The summed E-state index contributed by atoms with van der Waals surface area (Å²) in [6.07, 6.45) is 1.12. The number of anilines is 1. The minimum atomic E-state index is -1.29. The fraction of sp³-hybridized carbons (Fsp3) is 0.231. The van der Waals surface area contributed by atoms with Crippen LogP contribution in [-0.2, 0) is 19.1 Å². The molecule has 1 aliphatic heterocycles. The van der Waals surface area contributed by atoms with E-state index in [0.717, 1.165) is 6.20 Å². The second-order valence-electron chi connectivity index (χ2n) is 4.67. The van der Waals surface area contributed by atoms with Gasteiger partial charge >= 0.3 is 11.9 Å². The number of carbonyl (C=O) groups excluding carboxylic acids is 2. The molecule has 0 bridgehead atoms. The van der Waals surface area contributed by atoms with Gasteiger partial charge in [0.15, 0.2) is 11.3 Å². The Balaban J connectivity index is 2.22. The number of halogens is 2. The van der Waals surface area contributed by atoms with Gasteiger partial charge in [-0.2, -0.15) is 0 Å². The van der Waals surface area contributed by atoms with Crippen LogP contribution in [0.4, 0.5) is 5.69 Å². The molecule has 0 spiro atoms. The van der Waals surface area contributed by atoms with E-state index < -0.39 is 17.7 Å². The minimum Gasteiger partial charge on any atom is -0.505 e. The summed E-state index contributed by atoms with van der Waals surface area (Å²) in [5.74, 6) is -3.16. The van der Waals surface area contributed by atoms with E-state index in [-0.39, 0.29) is 21.4 Å². The Labute approximate surface area is 130 Å². The summed E-state index contributed by atoms with van der Waals surface area (Å²) in [5.41, 5.74) is 0.0791. The fourth-order valence-electron chi connectivity index (χ4n) is 1.58. The van der Waals surface area contributed by atoms with Crippen LogP contribution in [0.5, 0.6) is 5.75 Å². The number of cyclic esters (lactones) is 2. The Morgan fingerprint density at radius 2 is 1.62 bits per heavy atom. The number of phenolic OH excluding ortho intramolecular Hbond substituents is 1. The number of nitrogens with one attached hydrogen (secondary N) is 1. The van der Waals surface area contributed by atoms with Gasteiger partial charge in [-0.25, -0.2) is 9.59 Å². The van der Waals surface area contributed by atoms with Crippen molar-refractivity contribution in [2.45, 2.75) is 19.6 Å². The third-order valence-electron chi connectivity index (χ3n) is 2.52. The molecule has 0 aromatic heterocycles. The third-order valence-corrected chi connectivity index (χ3v) is 3.09. The summed E-state index contributed by atoms with van der Waals surface area (Å²) in [7, 11) is 0. The van der Waals surface area contributed by atoms with Crippen molar-refractivity contribution >= 4 is 40.8 Å². The summed E-state index contributed by atoms with van der Waals surface area (Å²) in [5, 5.41) is 12.2. The van der Waals surface area contributed by atoms with Gasteiger partial charge in [-0.05, 0) is 12.1 Å². The number of carbonyl (C=O) groups is 2. The van der Waals surface area contributed by atoms with E-state index in [2.05, 4.69) is 5.32 Å². The number of hydrogen-bond donors (Lipinski definition) is 2. The molecule has 2 N–H and O–H groups in total. The number of ether oxygens (including phenoxy) is 2. The number of hydrogen-bond acceptors (Lipinski definition) is 6. The van der Waals surface area contributed by atoms with Crippen molar-refractivity contribution < 1.29 is 24.2 Å². The maximum absolute atomic E-state index is 11.7. The first-order chi connectivity index (χ1) is 9.69. The van der Waals surface area contributed by atoms with E-state index in [9.17, 15) is 14.7 Å². The van der Waals surface area contributed by atoms with Crippen LogP contribution >= 0.6 is 23.2 Å². The summed E-state index contributed by atoms with van der Waals surface area (Å²) < 4.78 is 9.86. The molecule has 6 nitrogen and oxygen atoms in total. The average Bonchev–Trinajstić information content (AvgIpc) is 2.33. The molecular weight excluding hydrogens is 321 g/mol. The second-order valence-corrected chi connectivity index (χ2v) is 5.48. The molecule has 0 radical (unpaired) electrons. The quantitative estimate of drug-likeness (QED) is 0.375. The minimum absolute atomic E-state index is 0.0262. The summed E-state index contributed by atoms with van der Waals surface area (Å²) in [4.78, 5) is 23.4. The molecule has 0 saturated carbocycles. The fourth-order valence-corrected chi connectivity index (χ4v) is 2.07. The first-order valence-electron chi connectivity index (χ1n) is 5.81. The van der Waals surface area contributed by atoms with E-state index in [1.165, 1.54) is 26.0 Å². The van der Waals surface area contributed by atoms with Gasteiger partial charge in [0.1, 0.15) is 0 Å². The molecule has 1 aromatic carbocycles. The highest BCUT2D eigenvalue weighted by Gasteiger charge is 2.38. The monoisotopic (exact) mass is 331 g/mol. The Bertz CT molecular complexity index is 609. The zero-order valence-electron chi connectivity index (χ0n) is 11.1. The Morgan fingerprint density at radius 3 is 2.10 bits per heavy atom. The number of esters is 2. The smallest absolute Gasteiger partial charge is 0.350 e. The number of phenols is 1. The van der Waals surface area contributed by atoms with Gasteiger partial charge in [0.05, 0.1) is 10.0 Å². The first-order valence-corrected chi connectivity index (χ1v) is 6.56. The molecule has 0 aliphatic carbocycles. The van der Waals surface area contributed by atoms with Crippen LogP contribution in [0.25, 0.3) is 0 Å². The largest absolute Gasteiger partial charge is 0.505 e. The molecule has 1 heterocycles. The van der Waals surface area contributed by atoms with Gasteiger partial charge < -0.3 is 19.9 Å². The Kier molecular flexibility index (Phi) is 4.02. The van der Waals surface area contributed by atoms with Gasteiger partial charge in [0.2, 0.25) is 0 Å². The van der Waals surface area contributed by atoms with Crippen molar-refractivity contribution in [3.05, 3.63) is 34.0 Å². The maximum Gasteiger partial charge on any atom is 0.350 e. The molecular formula is C13H11Cl2NO5. The average molecular weight is 332 g/mol. The number of benzene rings is 1. The van der Waals surface area contributed by atoms with Crippen LogP contribution in [-0.4, -0.2) is 22.8 Å². The van der Waals surface area contributed by atoms with E-state index >= 15 is 0 Å². The van der Waals surface area contributed by atoms with Crippen LogP contribution in [0.2, 0.25) is 10.0 Å². The van der Waals surface area contributed by atoms with Crippen molar-refractivity contribution in [3.8, 4) is 5.75 Å². The molecule has 8 heteroatoms. The lowest BCUT2D eigenvalue weighted by atomic mass is 10.2. The van der Waals surface area contributed by atoms with Crippen LogP contribution in [0.15, 0.2) is 23.9 Å². The van der Waals surface area contributed by atoms with Gasteiger partial charge in [-0.3, -0.25) is 0 Å². The Hall–Kier alpha value is -1.92. The van der Waals surface area contributed by atoms with Gasteiger partial charge in [-0.1, -0.05) is 23.2 Å². The predicted octanol–water partition coefficient (Wildman–Crippen LogP) is 2.83. The number of aromatic hydroxyl groups is 1. The third kappa shape index (κ3) is 3.40. The van der Waals surface area contributed by atoms with E-state index in [0.29, 0.717) is 5.69 Å². The molecule has 112 valence electrons. The lowest BCUT2D eigenvalue weighted by Gasteiger charge is -2.29. The topological polar surface area (TPSA) is 84.9 Å². The van der Waals surface area contributed by atoms with Gasteiger partial charge in [0, 0.05) is 25.7 Å². The van der Waals surface area contributed by atoms with Crippen LogP contribution in [0.3, 0.4) is 0 Å². The second kappa shape index (κ2) is 5.46. The molecule has 1 fully saturated rings. The Morgan fingerprint density at radius 1 is 1.14 bits per heavy atom. The molecule has 2 rings (SSSR count). The first kappa shape index (κ1) is 15.5. The van der Waals surface area contributed by atoms with E-state index in [4.69, 9.17) is 32.7 Å². The van der Waals surface area contributed by atoms with Gasteiger partial charge in [-0.15, -0.1) is 0 Å². The van der Waals surface area contributed by atoms with Crippen LogP contribution < -0.4 is 5.32 Å².